The summed E-state index contributed by atoms with van der Waals surface area (Å²) in [6.07, 6.45) is 2.92. The van der Waals surface area contributed by atoms with E-state index in [0.29, 0.717) is 10.6 Å². The topological polar surface area (TPSA) is 32.3 Å². The van der Waals surface area contributed by atoms with Crippen molar-refractivity contribution >= 4 is 11.6 Å². The number of aliphatic hydroxyl groups is 1. The molecule has 0 heterocycles. The van der Waals surface area contributed by atoms with Crippen molar-refractivity contribution in [2.75, 3.05) is 13.7 Å². The number of benzene rings is 1. The molecule has 0 saturated heterocycles. The molecule has 0 aromatic heterocycles. The molecule has 0 spiro atoms. The van der Waals surface area contributed by atoms with Crippen molar-refractivity contribution in [1.82, 2.24) is 5.32 Å². The van der Waals surface area contributed by atoms with Crippen molar-refractivity contribution in [2.45, 2.75) is 25.3 Å². The Morgan fingerprint density at radius 1 is 1.53 bits per heavy atom. The van der Waals surface area contributed by atoms with Gasteiger partial charge >= 0.3 is 0 Å². The summed E-state index contributed by atoms with van der Waals surface area (Å²) in [7, 11) is 1.79. The molecule has 1 fully saturated rings. The Labute approximate surface area is 106 Å². The highest BCUT2D eigenvalue weighted by Gasteiger charge is 2.44. The van der Waals surface area contributed by atoms with Gasteiger partial charge in [0.2, 0.25) is 0 Å². The van der Waals surface area contributed by atoms with Gasteiger partial charge in [-0.25, -0.2) is 4.39 Å². The van der Waals surface area contributed by atoms with Gasteiger partial charge in [-0.05, 0) is 38.1 Å². The van der Waals surface area contributed by atoms with Crippen LogP contribution in [0, 0.1) is 11.2 Å². The molecule has 4 heteroatoms. The number of hydrogen-bond donors (Lipinski definition) is 2. The SMILES string of the molecule is CNC(c1cc(Cl)ccc1F)C1(CO)CCC1. The molecule has 17 heavy (non-hydrogen) atoms. The van der Waals surface area contributed by atoms with Crippen LogP contribution in [-0.4, -0.2) is 18.8 Å². The second-order valence-electron chi connectivity index (χ2n) is 4.76. The largest absolute Gasteiger partial charge is 0.396 e. The fraction of sp³-hybridized carbons (Fsp3) is 0.538. The van der Waals surface area contributed by atoms with E-state index in [1.54, 1.807) is 19.2 Å². The highest BCUT2D eigenvalue weighted by atomic mass is 35.5. The molecule has 1 atom stereocenters. The van der Waals surface area contributed by atoms with Crippen LogP contribution < -0.4 is 5.32 Å². The van der Waals surface area contributed by atoms with Crippen molar-refractivity contribution in [2.24, 2.45) is 5.41 Å². The molecule has 94 valence electrons. The first-order valence-corrected chi connectivity index (χ1v) is 6.24. The lowest BCUT2D eigenvalue weighted by Gasteiger charge is -2.46. The summed E-state index contributed by atoms with van der Waals surface area (Å²) < 4.78 is 13.9. The summed E-state index contributed by atoms with van der Waals surface area (Å²) in [5.41, 5.74) is 0.314. The first-order valence-electron chi connectivity index (χ1n) is 5.86. The summed E-state index contributed by atoms with van der Waals surface area (Å²) >= 11 is 5.92. The monoisotopic (exact) mass is 257 g/mol. The summed E-state index contributed by atoms with van der Waals surface area (Å²) in [5.74, 6) is -0.270. The molecular formula is C13H17ClFNO. The van der Waals surface area contributed by atoms with Crippen molar-refractivity contribution < 1.29 is 9.50 Å². The molecule has 2 N–H and O–H groups in total. The number of aliphatic hydroxyl groups excluding tert-OH is 1. The third kappa shape index (κ3) is 2.19. The van der Waals surface area contributed by atoms with Gasteiger partial charge in [0.05, 0.1) is 6.61 Å². The van der Waals surface area contributed by atoms with E-state index >= 15 is 0 Å². The molecule has 0 aliphatic heterocycles. The van der Waals surface area contributed by atoms with Crippen LogP contribution in [0.2, 0.25) is 5.02 Å². The summed E-state index contributed by atoms with van der Waals surface area (Å²) in [6.45, 7) is 0.0739. The average molecular weight is 258 g/mol. The normalized spacial score (nSPS) is 19.8. The van der Waals surface area contributed by atoms with Crippen LogP contribution in [0.1, 0.15) is 30.9 Å². The first kappa shape index (κ1) is 12.8. The van der Waals surface area contributed by atoms with Gasteiger partial charge in [-0.1, -0.05) is 18.0 Å². The summed E-state index contributed by atoms with van der Waals surface area (Å²) in [6, 6.07) is 4.39. The zero-order chi connectivity index (χ0) is 12.5. The molecule has 2 rings (SSSR count). The maximum Gasteiger partial charge on any atom is 0.128 e. The van der Waals surface area contributed by atoms with Crippen LogP contribution in [0.25, 0.3) is 0 Å². The van der Waals surface area contributed by atoms with Crippen LogP contribution in [0.15, 0.2) is 18.2 Å². The smallest absolute Gasteiger partial charge is 0.128 e. The Kier molecular flexibility index (Phi) is 3.71. The Balaban J connectivity index is 2.37. The molecule has 1 aliphatic carbocycles. The molecule has 1 unspecified atom stereocenters. The first-order chi connectivity index (χ1) is 8.13. The van der Waals surface area contributed by atoms with E-state index in [2.05, 4.69) is 5.32 Å². The Hall–Kier alpha value is -0.640. The van der Waals surface area contributed by atoms with Crippen LogP contribution in [0.4, 0.5) is 4.39 Å². The van der Waals surface area contributed by atoms with Crippen molar-refractivity contribution in [3.63, 3.8) is 0 Å². The van der Waals surface area contributed by atoms with Gasteiger partial charge in [0.25, 0.3) is 0 Å². The fourth-order valence-electron chi connectivity index (χ4n) is 2.70. The molecule has 1 aromatic carbocycles. The molecule has 1 saturated carbocycles. The minimum absolute atomic E-state index is 0.0739. The van der Waals surface area contributed by atoms with E-state index in [1.165, 1.54) is 6.07 Å². The average Bonchev–Trinajstić information content (AvgIpc) is 2.27. The van der Waals surface area contributed by atoms with E-state index in [9.17, 15) is 9.50 Å². The number of hydrogen-bond acceptors (Lipinski definition) is 2. The van der Waals surface area contributed by atoms with Crippen LogP contribution in [0.5, 0.6) is 0 Å². The number of rotatable bonds is 4. The highest BCUT2D eigenvalue weighted by Crippen LogP contribution is 2.50. The third-order valence-corrected chi connectivity index (χ3v) is 4.07. The molecular weight excluding hydrogens is 241 g/mol. The maximum absolute atomic E-state index is 13.9. The number of halogens is 2. The van der Waals surface area contributed by atoms with E-state index < -0.39 is 0 Å². The minimum atomic E-state index is -0.270. The maximum atomic E-state index is 13.9. The van der Waals surface area contributed by atoms with Gasteiger partial charge in [0, 0.05) is 22.0 Å². The van der Waals surface area contributed by atoms with Crippen molar-refractivity contribution in [3.05, 3.63) is 34.6 Å². The second-order valence-corrected chi connectivity index (χ2v) is 5.20. The predicted molar refractivity (Wildman–Crippen MR) is 66.6 cm³/mol. The second kappa shape index (κ2) is 4.92. The summed E-state index contributed by atoms with van der Waals surface area (Å²) in [4.78, 5) is 0. The predicted octanol–water partition coefficient (Wildman–Crippen LogP) is 2.90. The van der Waals surface area contributed by atoms with E-state index in [1.807, 2.05) is 0 Å². The van der Waals surface area contributed by atoms with Gasteiger partial charge in [-0.15, -0.1) is 0 Å². The lowest BCUT2D eigenvalue weighted by Crippen LogP contribution is -2.45. The fourth-order valence-corrected chi connectivity index (χ4v) is 2.88. The molecule has 0 amide bonds. The van der Waals surface area contributed by atoms with Gasteiger partial charge in [0.1, 0.15) is 5.82 Å². The third-order valence-electron chi connectivity index (χ3n) is 3.83. The quantitative estimate of drug-likeness (QED) is 0.869. The van der Waals surface area contributed by atoms with E-state index in [0.717, 1.165) is 19.3 Å². The molecule has 1 aromatic rings. The summed E-state index contributed by atoms with van der Waals surface area (Å²) in [5, 5.41) is 13.2. The van der Waals surface area contributed by atoms with Gasteiger partial charge in [-0.2, -0.15) is 0 Å². The van der Waals surface area contributed by atoms with E-state index in [-0.39, 0.29) is 23.9 Å². The molecule has 2 nitrogen and oxygen atoms in total. The lowest BCUT2D eigenvalue weighted by molar-refractivity contribution is 0.00674. The van der Waals surface area contributed by atoms with Crippen molar-refractivity contribution in [3.8, 4) is 0 Å². The Morgan fingerprint density at radius 2 is 2.24 bits per heavy atom. The van der Waals surface area contributed by atoms with Crippen LogP contribution in [-0.2, 0) is 0 Å². The van der Waals surface area contributed by atoms with Gasteiger partial charge in [-0.3, -0.25) is 0 Å². The van der Waals surface area contributed by atoms with Gasteiger partial charge < -0.3 is 10.4 Å². The van der Waals surface area contributed by atoms with Crippen LogP contribution >= 0.6 is 11.6 Å². The Morgan fingerprint density at radius 3 is 2.71 bits per heavy atom. The molecule has 1 aliphatic rings. The van der Waals surface area contributed by atoms with Crippen molar-refractivity contribution in [1.29, 1.82) is 0 Å². The minimum Gasteiger partial charge on any atom is -0.396 e. The van der Waals surface area contributed by atoms with Crippen LogP contribution in [0.3, 0.4) is 0 Å². The zero-order valence-corrected chi connectivity index (χ0v) is 10.6. The molecule has 0 bridgehead atoms. The standard InChI is InChI=1S/C13H17ClFNO/c1-16-12(13(8-17)5-2-6-13)10-7-9(14)3-4-11(10)15/h3-4,7,12,16-17H,2,5-6,8H2,1H3. The van der Waals surface area contributed by atoms with Gasteiger partial charge in [0.15, 0.2) is 0 Å². The lowest BCUT2D eigenvalue weighted by atomic mass is 9.63. The Bertz CT molecular complexity index is 401. The zero-order valence-electron chi connectivity index (χ0n) is 9.84. The van der Waals surface area contributed by atoms with E-state index in [4.69, 9.17) is 11.6 Å². The highest BCUT2D eigenvalue weighted by molar-refractivity contribution is 6.30. The molecule has 0 radical (unpaired) electrons. The number of nitrogens with one attached hydrogen (secondary N) is 1.